The first kappa shape index (κ1) is 9.71. The third kappa shape index (κ3) is 1.46. The molecule has 1 saturated carbocycles. The molecule has 1 fully saturated rings. The molecule has 0 bridgehead atoms. The monoisotopic (exact) mass is 193 g/mol. The summed E-state index contributed by atoms with van der Waals surface area (Å²) in [4.78, 5) is 4.51. The fourth-order valence-corrected chi connectivity index (χ4v) is 2.66. The fourth-order valence-electron chi connectivity index (χ4n) is 2.66. The minimum Gasteiger partial charge on any atom is -0.334 e. The van der Waals surface area contributed by atoms with E-state index < -0.39 is 0 Å². The zero-order chi connectivity index (χ0) is 10.1. The molecule has 2 N–H and O–H groups in total. The molecule has 3 nitrogen and oxygen atoms in total. The maximum Gasteiger partial charge on any atom is 0.122 e. The maximum atomic E-state index is 5.65. The van der Waals surface area contributed by atoms with Crippen molar-refractivity contribution in [1.82, 2.24) is 9.55 Å². The summed E-state index contributed by atoms with van der Waals surface area (Å²) >= 11 is 0. The zero-order valence-corrected chi connectivity index (χ0v) is 9.08. The highest BCUT2D eigenvalue weighted by atomic mass is 15.1. The van der Waals surface area contributed by atoms with Crippen LogP contribution in [0.3, 0.4) is 0 Å². The van der Waals surface area contributed by atoms with Gasteiger partial charge in [-0.05, 0) is 19.8 Å². The largest absolute Gasteiger partial charge is 0.334 e. The summed E-state index contributed by atoms with van der Waals surface area (Å²) in [5.74, 6) is 1.75. The summed E-state index contributed by atoms with van der Waals surface area (Å²) in [6.45, 7) is 2.65. The first-order valence-corrected chi connectivity index (χ1v) is 5.46. The van der Waals surface area contributed by atoms with Crippen LogP contribution in [0, 0.1) is 6.92 Å². The van der Waals surface area contributed by atoms with Crippen molar-refractivity contribution in [3.63, 3.8) is 0 Å². The molecule has 3 heteroatoms. The molecule has 78 valence electrons. The van der Waals surface area contributed by atoms with Gasteiger partial charge >= 0.3 is 0 Å². The van der Waals surface area contributed by atoms with Gasteiger partial charge in [-0.15, -0.1) is 0 Å². The summed E-state index contributed by atoms with van der Waals surface area (Å²) in [7, 11) is 2.09. The highest BCUT2D eigenvalue weighted by Crippen LogP contribution is 2.35. The predicted molar refractivity (Wildman–Crippen MR) is 57.0 cm³/mol. The molecule has 0 radical (unpaired) electrons. The lowest BCUT2D eigenvalue weighted by Gasteiger charge is -2.12. The average Bonchev–Trinajstić information content (AvgIpc) is 2.74. The lowest BCUT2D eigenvalue weighted by atomic mass is 10.0. The van der Waals surface area contributed by atoms with E-state index in [0.29, 0.717) is 6.54 Å². The van der Waals surface area contributed by atoms with Gasteiger partial charge in [-0.3, -0.25) is 0 Å². The summed E-state index contributed by atoms with van der Waals surface area (Å²) in [5.41, 5.74) is 8.25. The molecule has 0 spiro atoms. The fraction of sp³-hybridized carbons (Fsp3) is 0.727. The Morgan fingerprint density at radius 1 is 1.43 bits per heavy atom. The molecular formula is C11H19N3. The van der Waals surface area contributed by atoms with E-state index in [2.05, 4.69) is 23.5 Å². The third-order valence-corrected chi connectivity index (χ3v) is 3.34. The van der Waals surface area contributed by atoms with Gasteiger partial charge in [0, 0.05) is 18.7 Å². The molecule has 1 aromatic rings. The number of aryl methyl sites for hydroxylation is 1. The molecule has 2 rings (SSSR count). The van der Waals surface area contributed by atoms with Crippen LogP contribution in [0.4, 0.5) is 0 Å². The van der Waals surface area contributed by atoms with Crippen molar-refractivity contribution in [1.29, 1.82) is 0 Å². The Morgan fingerprint density at radius 3 is 2.57 bits per heavy atom. The van der Waals surface area contributed by atoms with E-state index in [0.717, 1.165) is 11.7 Å². The molecule has 14 heavy (non-hydrogen) atoms. The summed E-state index contributed by atoms with van der Waals surface area (Å²) in [6.07, 6.45) is 5.38. The van der Waals surface area contributed by atoms with Crippen LogP contribution < -0.4 is 5.73 Å². The molecule has 1 heterocycles. The minimum absolute atomic E-state index is 0.546. The Balaban J connectivity index is 2.35. The topological polar surface area (TPSA) is 43.8 Å². The SMILES string of the molecule is Cc1nc(CN)n(C)c1C1CCCC1. The van der Waals surface area contributed by atoms with Gasteiger partial charge in [0.1, 0.15) is 5.82 Å². The molecule has 0 saturated heterocycles. The Morgan fingerprint density at radius 2 is 2.07 bits per heavy atom. The molecule has 0 aliphatic heterocycles. The number of nitrogens with zero attached hydrogens (tertiary/aromatic N) is 2. The van der Waals surface area contributed by atoms with E-state index >= 15 is 0 Å². The Kier molecular flexibility index (Phi) is 2.59. The number of nitrogens with two attached hydrogens (primary N) is 1. The molecule has 0 atom stereocenters. The lowest BCUT2D eigenvalue weighted by Crippen LogP contribution is -2.08. The molecule has 0 aromatic carbocycles. The van der Waals surface area contributed by atoms with Gasteiger partial charge in [-0.2, -0.15) is 0 Å². The number of hydrogen-bond acceptors (Lipinski definition) is 2. The normalized spacial score (nSPS) is 17.9. The van der Waals surface area contributed by atoms with Gasteiger partial charge < -0.3 is 10.3 Å². The van der Waals surface area contributed by atoms with E-state index in [9.17, 15) is 0 Å². The van der Waals surface area contributed by atoms with Gasteiger partial charge in [0.05, 0.1) is 12.2 Å². The van der Waals surface area contributed by atoms with Crippen LogP contribution in [0.5, 0.6) is 0 Å². The van der Waals surface area contributed by atoms with E-state index in [4.69, 9.17) is 5.73 Å². The van der Waals surface area contributed by atoms with Crippen LogP contribution in [0.15, 0.2) is 0 Å². The lowest BCUT2D eigenvalue weighted by molar-refractivity contribution is 0.637. The highest BCUT2D eigenvalue weighted by molar-refractivity contribution is 5.21. The molecular weight excluding hydrogens is 174 g/mol. The molecule has 1 aliphatic carbocycles. The van der Waals surface area contributed by atoms with Crippen molar-refractivity contribution in [2.45, 2.75) is 45.1 Å². The second-order valence-electron chi connectivity index (χ2n) is 4.24. The second kappa shape index (κ2) is 3.73. The van der Waals surface area contributed by atoms with Crippen LogP contribution in [0.1, 0.15) is 48.8 Å². The van der Waals surface area contributed by atoms with Crippen LogP contribution in [0.2, 0.25) is 0 Å². The Hall–Kier alpha value is -0.830. The smallest absolute Gasteiger partial charge is 0.122 e. The first-order chi connectivity index (χ1) is 6.74. The first-order valence-electron chi connectivity index (χ1n) is 5.46. The van der Waals surface area contributed by atoms with E-state index in [1.165, 1.54) is 37.1 Å². The molecule has 0 unspecified atom stereocenters. The number of rotatable bonds is 2. The van der Waals surface area contributed by atoms with Gasteiger partial charge in [0.15, 0.2) is 0 Å². The van der Waals surface area contributed by atoms with Crippen LogP contribution >= 0.6 is 0 Å². The quantitative estimate of drug-likeness (QED) is 0.779. The van der Waals surface area contributed by atoms with Crippen molar-refractivity contribution in [3.8, 4) is 0 Å². The Bertz CT molecular complexity index is 322. The summed E-state index contributed by atoms with van der Waals surface area (Å²) in [5, 5.41) is 0. The van der Waals surface area contributed by atoms with Gasteiger partial charge in [-0.1, -0.05) is 12.8 Å². The van der Waals surface area contributed by atoms with E-state index in [-0.39, 0.29) is 0 Å². The van der Waals surface area contributed by atoms with Gasteiger partial charge in [0.25, 0.3) is 0 Å². The standard InChI is InChI=1S/C11H19N3/c1-8-11(9-5-3-4-6-9)14(2)10(7-12)13-8/h9H,3-7,12H2,1-2H3. The molecule has 0 amide bonds. The Labute approximate surface area is 85.3 Å². The highest BCUT2D eigenvalue weighted by Gasteiger charge is 2.23. The van der Waals surface area contributed by atoms with E-state index in [1.807, 2.05) is 0 Å². The second-order valence-corrected chi connectivity index (χ2v) is 4.24. The third-order valence-electron chi connectivity index (χ3n) is 3.34. The number of hydrogen-bond donors (Lipinski definition) is 1. The minimum atomic E-state index is 0.546. The van der Waals surface area contributed by atoms with E-state index in [1.54, 1.807) is 0 Å². The van der Waals surface area contributed by atoms with Gasteiger partial charge in [-0.25, -0.2) is 4.98 Å². The average molecular weight is 193 g/mol. The van der Waals surface area contributed by atoms with Crippen molar-refractivity contribution in [2.24, 2.45) is 12.8 Å². The van der Waals surface area contributed by atoms with Crippen molar-refractivity contribution in [2.75, 3.05) is 0 Å². The van der Waals surface area contributed by atoms with Crippen molar-refractivity contribution >= 4 is 0 Å². The van der Waals surface area contributed by atoms with Gasteiger partial charge in [0.2, 0.25) is 0 Å². The molecule has 1 aromatic heterocycles. The zero-order valence-electron chi connectivity index (χ0n) is 9.08. The van der Waals surface area contributed by atoms with Crippen molar-refractivity contribution in [3.05, 3.63) is 17.2 Å². The summed E-state index contributed by atoms with van der Waals surface area (Å²) < 4.78 is 2.20. The van der Waals surface area contributed by atoms with Crippen LogP contribution in [0.25, 0.3) is 0 Å². The van der Waals surface area contributed by atoms with Crippen molar-refractivity contribution < 1.29 is 0 Å². The van der Waals surface area contributed by atoms with Crippen LogP contribution in [-0.2, 0) is 13.6 Å². The summed E-state index contributed by atoms with van der Waals surface area (Å²) in [6, 6.07) is 0. The molecule has 1 aliphatic rings. The number of aromatic nitrogens is 2. The van der Waals surface area contributed by atoms with Crippen LogP contribution in [-0.4, -0.2) is 9.55 Å². The predicted octanol–water partition coefficient (Wildman–Crippen LogP) is 1.84. The maximum absolute atomic E-state index is 5.65. The number of imidazole rings is 1.